The van der Waals surface area contributed by atoms with E-state index in [1.165, 1.54) is 0 Å². The molecule has 4 heteroatoms. The average Bonchev–Trinajstić information content (AvgIpc) is 2.21. The first-order valence-corrected chi connectivity index (χ1v) is 5.67. The number of carbonyl (C=O) groups is 1. The molecule has 0 aliphatic rings. The summed E-state index contributed by atoms with van der Waals surface area (Å²) in [5.74, 6) is 0.0276. The maximum atomic E-state index is 11.8. The number of rotatable bonds is 4. The van der Waals surface area contributed by atoms with Crippen LogP contribution in [-0.2, 0) is 11.2 Å². The van der Waals surface area contributed by atoms with Crippen LogP contribution in [-0.4, -0.2) is 16.3 Å². The molecule has 0 aromatic carbocycles. The first-order valence-electron chi connectivity index (χ1n) is 4.88. The lowest BCUT2D eigenvalue weighted by Gasteiger charge is -2.20. The number of nitrogens with zero attached hydrogens (tertiary/aromatic N) is 1. The van der Waals surface area contributed by atoms with E-state index in [1.54, 1.807) is 13.1 Å². The van der Waals surface area contributed by atoms with Crippen molar-refractivity contribution in [1.29, 1.82) is 0 Å². The third kappa shape index (κ3) is 3.39. The fourth-order valence-electron chi connectivity index (χ4n) is 1.07. The van der Waals surface area contributed by atoms with E-state index in [2.05, 4.69) is 20.9 Å². The van der Waals surface area contributed by atoms with Gasteiger partial charge in [-0.05, 0) is 41.4 Å². The fraction of sp³-hybridized carbons (Fsp3) is 0.455. The van der Waals surface area contributed by atoms with Crippen molar-refractivity contribution in [2.75, 3.05) is 0 Å². The summed E-state index contributed by atoms with van der Waals surface area (Å²) >= 11 is 3.29. The van der Waals surface area contributed by atoms with Gasteiger partial charge in [-0.2, -0.15) is 0 Å². The molecule has 0 fully saturated rings. The van der Waals surface area contributed by atoms with Gasteiger partial charge in [-0.1, -0.05) is 6.92 Å². The van der Waals surface area contributed by atoms with Gasteiger partial charge in [-0.3, -0.25) is 9.78 Å². The van der Waals surface area contributed by atoms with Crippen LogP contribution in [0.4, 0.5) is 0 Å². The van der Waals surface area contributed by atoms with Crippen LogP contribution in [0.2, 0.25) is 0 Å². The summed E-state index contributed by atoms with van der Waals surface area (Å²) in [6.45, 7) is 3.67. The van der Waals surface area contributed by atoms with E-state index in [1.807, 2.05) is 19.1 Å². The highest BCUT2D eigenvalue weighted by atomic mass is 79.9. The van der Waals surface area contributed by atoms with Crippen molar-refractivity contribution in [2.24, 2.45) is 5.73 Å². The van der Waals surface area contributed by atoms with E-state index in [-0.39, 0.29) is 5.78 Å². The van der Waals surface area contributed by atoms with Gasteiger partial charge in [-0.15, -0.1) is 0 Å². The Hall–Kier alpha value is -0.740. The Morgan fingerprint density at radius 2 is 2.27 bits per heavy atom. The number of hydrogen-bond donors (Lipinski definition) is 1. The number of Topliss-reactive ketones (excluding diaryl/α,β-unsaturated/α-hetero) is 1. The van der Waals surface area contributed by atoms with Crippen LogP contribution in [0.1, 0.15) is 26.0 Å². The molecular weight excluding hydrogens is 256 g/mol. The molecular formula is C11H15BrN2O. The highest BCUT2D eigenvalue weighted by Gasteiger charge is 2.25. The molecule has 0 bridgehead atoms. The van der Waals surface area contributed by atoms with Crippen LogP contribution in [0.5, 0.6) is 0 Å². The zero-order valence-electron chi connectivity index (χ0n) is 8.96. The van der Waals surface area contributed by atoms with E-state index in [0.29, 0.717) is 12.8 Å². The van der Waals surface area contributed by atoms with E-state index in [0.717, 1.165) is 10.2 Å². The fourth-order valence-corrected chi connectivity index (χ4v) is 1.31. The molecule has 0 aliphatic heterocycles. The van der Waals surface area contributed by atoms with Crippen molar-refractivity contribution in [1.82, 2.24) is 4.98 Å². The molecule has 82 valence electrons. The molecule has 0 saturated heterocycles. The second kappa shape index (κ2) is 4.86. The molecule has 15 heavy (non-hydrogen) atoms. The van der Waals surface area contributed by atoms with Crippen LogP contribution < -0.4 is 5.73 Å². The molecule has 0 aliphatic carbocycles. The van der Waals surface area contributed by atoms with Crippen molar-refractivity contribution in [3.63, 3.8) is 0 Å². The molecule has 1 heterocycles. The van der Waals surface area contributed by atoms with Crippen LogP contribution >= 0.6 is 15.9 Å². The van der Waals surface area contributed by atoms with E-state index < -0.39 is 5.54 Å². The van der Waals surface area contributed by atoms with Crippen LogP contribution in [0.15, 0.2) is 22.8 Å². The molecule has 2 N–H and O–H groups in total. The molecule has 0 amide bonds. The normalized spacial score (nSPS) is 14.7. The molecule has 0 spiro atoms. The topological polar surface area (TPSA) is 56.0 Å². The molecule has 1 unspecified atom stereocenters. The Morgan fingerprint density at radius 3 is 2.73 bits per heavy atom. The number of carbonyl (C=O) groups excluding carboxylic acids is 1. The van der Waals surface area contributed by atoms with Gasteiger partial charge in [0.1, 0.15) is 0 Å². The minimum atomic E-state index is -0.741. The lowest BCUT2D eigenvalue weighted by Crippen LogP contribution is -2.45. The second-order valence-corrected chi connectivity index (χ2v) is 4.75. The van der Waals surface area contributed by atoms with Gasteiger partial charge in [0, 0.05) is 16.4 Å². The first kappa shape index (κ1) is 12.3. The zero-order valence-corrected chi connectivity index (χ0v) is 10.5. The van der Waals surface area contributed by atoms with Crippen molar-refractivity contribution in [2.45, 2.75) is 32.2 Å². The molecule has 1 aromatic rings. The predicted octanol–water partition coefficient (Wildman–Crippen LogP) is 2.08. The number of hydrogen-bond acceptors (Lipinski definition) is 3. The Morgan fingerprint density at radius 1 is 1.60 bits per heavy atom. The van der Waals surface area contributed by atoms with Gasteiger partial charge < -0.3 is 5.73 Å². The Bertz CT molecular complexity index is 346. The van der Waals surface area contributed by atoms with Gasteiger partial charge in [0.25, 0.3) is 0 Å². The van der Waals surface area contributed by atoms with Crippen molar-refractivity contribution in [3.8, 4) is 0 Å². The summed E-state index contributed by atoms with van der Waals surface area (Å²) in [4.78, 5) is 15.9. The van der Waals surface area contributed by atoms with Crippen molar-refractivity contribution in [3.05, 3.63) is 28.5 Å². The summed E-state index contributed by atoms with van der Waals surface area (Å²) in [5.41, 5.74) is 5.87. The summed E-state index contributed by atoms with van der Waals surface area (Å²) in [7, 11) is 0. The lowest BCUT2D eigenvalue weighted by atomic mass is 9.92. The average molecular weight is 271 g/mol. The predicted molar refractivity (Wildman–Crippen MR) is 63.5 cm³/mol. The van der Waals surface area contributed by atoms with Gasteiger partial charge in [0.15, 0.2) is 5.78 Å². The van der Waals surface area contributed by atoms with Crippen LogP contribution in [0.25, 0.3) is 0 Å². The summed E-state index contributed by atoms with van der Waals surface area (Å²) in [6, 6.07) is 3.70. The third-order valence-corrected chi connectivity index (χ3v) is 2.97. The van der Waals surface area contributed by atoms with Crippen LogP contribution in [0, 0.1) is 0 Å². The van der Waals surface area contributed by atoms with Gasteiger partial charge in [0.05, 0.1) is 12.0 Å². The summed E-state index contributed by atoms with van der Waals surface area (Å²) in [6.07, 6.45) is 2.62. The molecule has 3 nitrogen and oxygen atoms in total. The van der Waals surface area contributed by atoms with Crippen LogP contribution in [0.3, 0.4) is 0 Å². The van der Waals surface area contributed by atoms with E-state index >= 15 is 0 Å². The standard InChI is InChI=1S/C11H15BrN2O/c1-3-11(2,13)10(15)6-9-5-4-8(12)7-14-9/h4-5,7H,3,6,13H2,1-2H3. The maximum absolute atomic E-state index is 11.8. The molecule has 0 radical (unpaired) electrons. The molecule has 0 saturated carbocycles. The summed E-state index contributed by atoms with van der Waals surface area (Å²) < 4.78 is 0.907. The number of aromatic nitrogens is 1. The number of pyridine rings is 1. The van der Waals surface area contributed by atoms with Gasteiger partial charge >= 0.3 is 0 Å². The van der Waals surface area contributed by atoms with E-state index in [9.17, 15) is 4.79 Å². The second-order valence-electron chi connectivity index (χ2n) is 3.84. The van der Waals surface area contributed by atoms with Crippen molar-refractivity contribution < 1.29 is 4.79 Å². The number of ketones is 1. The number of nitrogens with two attached hydrogens (primary N) is 1. The number of halogens is 1. The SMILES string of the molecule is CCC(C)(N)C(=O)Cc1ccc(Br)cn1. The van der Waals surface area contributed by atoms with Gasteiger partial charge in [-0.25, -0.2) is 0 Å². The minimum absolute atomic E-state index is 0.0276. The quantitative estimate of drug-likeness (QED) is 0.912. The zero-order chi connectivity index (χ0) is 11.5. The first-order chi connectivity index (χ1) is 6.95. The molecule has 1 rings (SSSR count). The summed E-state index contributed by atoms with van der Waals surface area (Å²) in [5, 5.41) is 0. The molecule has 1 aromatic heterocycles. The largest absolute Gasteiger partial charge is 0.319 e. The minimum Gasteiger partial charge on any atom is -0.319 e. The Kier molecular flexibility index (Phi) is 3.99. The monoisotopic (exact) mass is 270 g/mol. The van der Waals surface area contributed by atoms with Gasteiger partial charge in [0.2, 0.25) is 0 Å². The smallest absolute Gasteiger partial charge is 0.158 e. The van der Waals surface area contributed by atoms with E-state index in [4.69, 9.17) is 5.73 Å². The highest BCUT2D eigenvalue weighted by Crippen LogP contribution is 2.12. The third-order valence-electron chi connectivity index (χ3n) is 2.50. The Balaban J connectivity index is 2.71. The molecule has 1 atom stereocenters. The lowest BCUT2D eigenvalue weighted by molar-refractivity contribution is -0.123. The maximum Gasteiger partial charge on any atom is 0.158 e. The highest BCUT2D eigenvalue weighted by molar-refractivity contribution is 9.10. The Labute approximate surface area is 98.2 Å². The van der Waals surface area contributed by atoms with Crippen molar-refractivity contribution >= 4 is 21.7 Å².